The van der Waals surface area contributed by atoms with Crippen LogP contribution < -0.4 is 21.5 Å². The highest BCUT2D eigenvalue weighted by Gasteiger charge is 2.23. The normalized spacial score (nSPS) is 15.2. The van der Waals surface area contributed by atoms with Crippen molar-refractivity contribution in [2.45, 2.75) is 52.7 Å². The molecule has 13 nitrogen and oxygen atoms in total. The van der Waals surface area contributed by atoms with Gasteiger partial charge in [-0.3, -0.25) is 23.5 Å². The molecule has 1 saturated heterocycles. The quantitative estimate of drug-likeness (QED) is 0.372. The SMILES string of the molecule is CC(=O)Cn1c(=O)c2c(nc(C)n2CC(=O)Nc2cccc(-c3cnc(N4CCC[C@H]4C)nc3)n2)n(C)c1=O. The van der Waals surface area contributed by atoms with E-state index in [9.17, 15) is 19.2 Å². The topological polar surface area (TPSA) is 150 Å². The third-order valence-electron chi connectivity index (χ3n) is 6.87. The Kier molecular flexibility index (Phi) is 6.81. The monoisotopic (exact) mass is 531 g/mol. The Bertz CT molecular complexity index is 1700. The van der Waals surface area contributed by atoms with E-state index in [0.29, 0.717) is 34.9 Å². The summed E-state index contributed by atoms with van der Waals surface area (Å²) in [5.74, 6) is 0.599. The van der Waals surface area contributed by atoms with Gasteiger partial charge in [0.15, 0.2) is 11.2 Å². The lowest BCUT2D eigenvalue weighted by Crippen LogP contribution is -2.41. The Balaban J connectivity index is 1.38. The molecule has 1 fully saturated rings. The van der Waals surface area contributed by atoms with Crippen LogP contribution in [0.4, 0.5) is 11.8 Å². The number of ketones is 1. The number of fused-ring (bicyclic) bond motifs is 1. The van der Waals surface area contributed by atoms with Crippen LogP contribution in [0.25, 0.3) is 22.4 Å². The number of aryl methyl sites for hydroxylation is 2. The summed E-state index contributed by atoms with van der Waals surface area (Å²) in [4.78, 5) is 70.4. The summed E-state index contributed by atoms with van der Waals surface area (Å²) < 4.78 is 3.48. The summed E-state index contributed by atoms with van der Waals surface area (Å²) in [5, 5.41) is 2.76. The molecule has 1 amide bonds. The van der Waals surface area contributed by atoms with Crippen LogP contribution in [0.3, 0.4) is 0 Å². The van der Waals surface area contributed by atoms with Crippen molar-refractivity contribution in [3.05, 3.63) is 57.3 Å². The zero-order valence-corrected chi connectivity index (χ0v) is 22.2. The largest absolute Gasteiger partial charge is 0.338 e. The first-order valence-corrected chi connectivity index (χ1v) is 12.7. The number of Topliss-reactive ketones (excluding diaryl/α,β-unsaturated/α-hetero) is 1. The number of anilines is 2. The number of aromatic nitrogens is 7. The van der Waals surface area contributed by atoms with Gasteiger partial charge in [0.1, 0.15) is 24.0 Å². The van der Waals surface area contributed by atoms with Gasteiger partial charge in [0.25, 0.3) is 5.56 Å². The van der Waals surface area contributed by atoms with Gasteiger partial charge in [-0.05, 0) is 45.7 Å². The number of nitrogens with one attached hydrogen (secondary N) is 1. The van der Waals surface area contributed by atoms with Gasteiger partial charge in [-0.25, -0.2) is 24.7 Å². The average Bonchev–Trinajstić information content (AvgIpc) is 3.48. The summed E-state index contributed by atoms with van der Waals surface area (Å²) in [5.41, 5.74) is 0.193. The summed E-state index contributed by atoms with van der Waals surface area (Å²) in [7, 11) is 1.47. The van der Waals surface area contributed by atoms with E-state index in [1.807, 2.05) is 0 Å². The number of pyridine rings is 1. The Hall–Kier alpha value is -4.68. The average molecular weight is 532 g/mol. The lowest BCUT2D eigenvalue weighted by Gasteiger charge is -2.20. The molecule has 0 spiro atoms. The van der Waals surface area contributed by atoms with Crippen molar-refractivity contribution in [1.29, 1.82) is 0 Å². The maximum atomic E-state index is 13.1. The summed E-state index contributed by atoms with van der Waals surface area (Å²) in [6.07, 6.45) is 5.68. The maximum absolute atomic E-state index is 13.1. The lowest BCUT2D eigenvalue weighted by atomic mass is 10.2. The first-order chi connectivity index (χ1) is 18.6. The van der Waals surface area contributed by atoms with Crippen molar-refractivity contribution in [3.8, 4) is 11.3 Å². The number of imidazole rings is 1. The molecule has 0 unspecified atom stereocenters. The lowest BCUT2D eigenvalue weighted by molar-refractivity contribution is -0.118. The van der Waals surface area contributed by atoms with Gasteiger partial charge in [-0.15, -0.1) is 0 Å². The number of nitrogens with zero attached hydrogens (tertiary/aromatic N) is 8. The standard InChI is InChI=1S/C26H29N9O4/c1-15-7-6-10-33(15)25-27-11-18(12-28-25)19-8-5-9-20(30-19)31-21(37)14-34-17(3)29-23-22(34)24(38)35(13-16(2)36)26(39)32(23)4/h5,8-9,11-12,15H,6-7,10,13-14H2,1-4H3,(H,30,31,37)/t15-/m1/s1. The Morgan fingerprint density at radius 1 is 1.08 bits per heavy atom. The Morgan fingerprint density at radius 3 is 2.49 bits per heavy atom. The van der Waals surface area contributed by atoms with Gasteiger partial charge in [-0.1, -0.05) is 6.07 Å². The second-order valence-corrected chi connectivity index (χ2v) is 9.76. The fourth-order valence-corrected chi connectivity index (χ4v) is 4.86. The van der Waals surface area contributed by atoms with Crippen molar-refractivity contribution in [2.24, 2.45) is 7.05 Å². The minimum absolute atomic E-state index is 0.0669. The van der Waals surface area contributed by atoms with Gasteiger partial charge in [-0.2, -0.15) is 0 Å². The molecule has 0 bridgehead atoms. The second-order valence-electron chi connectivity index (χ2n) is 9.76. The molecule has 0 saturated carbocycles. The Morgan fingerprint density at radius 2 is 1.82 bits per heavy atom. The number of hydrogen-bond donors (Lipinski definition) is 1. The van der Waals surface area contributed by atoms with E-state index >= 15 is 0 Å². The number of amides is 1. The fraction of sp³-hybridized carbons (Fsp3) is 0.385. The van der Waals surface area contributed by atoms with Gasteiger partial charge in [0.05, 0.1) is 12.2 Å². The van der Waals surface area contributed by atoms with Crippen molar-refractivity contribution in [1.82, 2.24) is 33.6 Å². The molecule has 5 heterocycles. The molecule has 202 valence electrons. The number of hydrogen-bond acceptors (Lipinski definition) is 9. The van der Waals surface area contributed by atoms with Crippen LogP contribution in [0.1, 0.15) is 32.5 Å². The van der Waals surface area contributed by atoms with E-state index in [1.54, 1.807) is 37.5 Å². The highest BCUT2D eigenvalue weighted by atomic mass is 16.2. The highest BCUT2D eigenvalue weighted by molar-refractivity contribution is 5.91. The van der Waals surface area contributed by atoms with E-state index in [0.717, 1.165) is 24.0 Å². The molecule has 0 radical (unpaired) electrons. The van der Waals surface area contributed by atoms with Crippen LogP contribution >= 0.6 is 0 Å². The van der Waals surface area contributed by atoms with Crippen molar-refractivity contribution in [2.75, 3.05) is 16.8 Å². The first-order valence-electron chi connectivity index (χ1n) is 12.7. The van der Waals surface area contributed by atoms with Crippen molar-refractivity contribution >= 4 is 34.6 Å². The molecule has 1 aliphatic rings. The molecular weight excluding hydrogens is 502 g/mol. The zero-order chi connectivity index (χ0) is 27.8. The number of carbonyl (C=O) groups is 2. The van der Waals surface area contributed by atoms with Crippen molar-refractivity contribution in [3.63, 3.8) is 0 Å². The molecule has 5 rings (SSSR count). The van der Waals surface area contributed by atoms with Crippen LogP contribution in [0.5, 0.6) is 0 Å². The van der Waals surface area contributed by atoms with Crippen LogP contribution in [0, 0.1) is 6.92 Å². The summed E-state index contributed by atoms with van der Waals surface area (Å²) >= 11 is 0. The van der Waals surface area contributed by atoms with Gasteiger partial charge in [0, 0.05) is 37.6 Å². The maximum Gasteiger partial charge on any atom is 0.332 e. The molecule has 1 atom stereocenters. The molecule has 4 aromatic heterocycles. The summed E-state index contributed by atoms with van der Waals surface area (Å²) in [6, 6.07) is 5.64. The first kappa shape index (κ1) is 25.9. The molecular formula is C26H29N9O4. The highest BCUT2D eigenvalue weighted by Crippen LogP contribution is 2.24. The third-order valence-corrected chi connectivity index (χ3v) is 6.87. The predicted molar refractivity (Wildman–Crippen MR) is 145 cm³/mol. The second kappa shape index (κ2) is 10.2. The zero-order valence-electron chi connectivity index (χ0n) is 22.2. The fourth-order valence-electron chi connectivity index (χ4n) is 4.86. The number of carbonyl (C=O) groups excluding carboxylic acids is 2. The van der Waals surface area contributed by atoms with Crippen LogP contribution in [0.2, 0.25) is 0 Å². The predicted octanol–water partition coefficient (Wildman–Crippen LogP) is 1.27. The van der Waals surface area contributed by atoms with Gasteiger partial charge < -0.3 is 14.8 Å². The minimum Gasteiger partial charge on any atom is -0.338 e. The van der Waals surface area contributed by atoms with Crippen LogP contribution in [-0.2, 0) is 29.7 Å². The van der Waals surface area contributed by atoms with Gasteiger partial charge >= 0.3 is 5.69 Å². The van der Waals surface area contributed by atoms with E-state index in [-0.39, 0.29) is 30.0 Å². The molecule has 0 aliphatic carbocycles. The summed E-state index contributed by atoms with van der Waals surface area (Å²) in [6.45, 7) is 5.42. The number of rotatable bonds is 7. The molecule has 1 N–H and O–H groups in total. The van der Waals surface area contributed by atoms with Crippen LogP contribution in [0.15, 0.2) is 40.2 Å². The van der Waals surface area contributed by atoms with E-state index in [4.69, 9.17) is 0 Å². The van der Waals surface area contributed by atoms with Crippen molar-refractivity contribution < 1.29 is 9.59 Å². The van der Waals surface area contributed by atoms with E-state index in [2.05, 4.69) is 37.1 Å². The van der Waals surface area contributed by atoms with Crippen LogP contribution in [-0.4, -0.2) is 57.9 Å². The minimum atomic E-state index is -0.677. The molecule has 0 aromatic carbocycles. The van der Waals surface area contributed by atoms with E-state index < -0.39 is 17.2 Å². The Labute approximate surface area is 223 Å². The van der Waals surface area contributed by atoms with Gasteiger partial charge in [0.2, 0.25) is 11.9 Å². The third kappa shape index (κ3) is 4.94. The molecule has 1 aliphatic heterocycles. The smallest absolute Gasteiger partial charge is 0.332 e. The van der Waals surface area contributed by atoms with E-state index in [1.165, 1.54) is 23.1 Å². The molecule has 39 heavy (non-hydrogen) atoms. The molecule has 4 aromatic rings. The molecule has 13 heteroatoms.